The number of fused-ring (bicyclic) bond motifs is 1. The summed E-state index contributed by atoms with van der Waals surface area (Å²) in [6.07, 6.45) is 1.32. The van der Waals surface area contributed by atoms with Crippen LogP contribution in [-0.2, 0) is 11.2 Å². The summed E-state index contributed by atoms with van der Waals surface area (Å²) in [4.78, 5) is 25.1. The highest BCUT2D eigenvalue weighted by Gasteiger charge is 2.14. The maximum absolute atomic E-state index is 12.9. The number of carbonyl (C=O) groups is 1. The lowest BCUT2D eigenvalue weighted by Gasteiger charge is -2.11. The quantitative estimate of drug-likeness (QED) is 0.262. The summed E-state index contributed by atoms with van der Waals surface area (Å²) in [6, 6.07) is 18.6. The van der Waals surface area contributed by atoms with Crippen molar-refractivity contribution in [1.29, 1.82) is 0 Å². The van der Waals surface area contributed by atoms with Gasteiger partial charge < -0.3 is 18.6 Å². The topological polar surface area (TPSA) is 75.0 Å². The van der Waals surface area contributed by atoms with Crippen molar-refractivity contribution in [3.8, 4) is 23.0 Å². The van der Waals surface area contributed by atoms with Crippen molar-refractivity contribution < 1.29 is 23.4 Å². The highest BCUT2D eigenvalue weighted by atomic mass is 35.5. The summed E-state index contributed by atoms with van der Waals surface area (Å²) in [6.45, 7) is 2.33. The van der Waals surface area contributed by atoms with Crippen LogP contribution in [0.3, 0.4) is 0 Å². The zero-order valence-corrected chi connectivity index (χ0v) is 17.9. The van der Waals surface area contributed by atoms with Gasteiger partial charge in [0, 0.05) is 11.1 Å². The maximum atomic E-state index is 12.9. The van der Waals surface area contributed by atoms with Gasteiger partial charge in [-0.15, -0.1) is 0 Å². The molecule has 0 saturated heterocycles. The van der Waals surface area contributed by atoms with Crippen LogP contribution in [0.1, 0.15) is 12.5 Å². The van der Waals surface area contributed by atoms with Gasteiger partial charge in [-0.2, -0.15) is 0 Å². The number of ether oxygens (including phenoxy) is 3. The summed E-state index contributed by atoms with van der Waals surface area (Å²) < 4.78 is 22.2. The highest BCUT2D eigenvalue weighted by molar-refractivity contribution is 6.30. The Hall–Kier alpha value is -3.77. The van der Waals surface area contributed by atoms with Gasteiger partial charge in [0.15, 0.2) is 11.5 Å². The molecule has 0 spiro atoms. The molecule has 0 aliphatic carbocycles. The molecule has 1 heterocycles. The average Bonchev–Trinajstić information content (AvgIpc) is 2.79. The van der Waals surface area contributed by atoms with Crippen LogP contribution in [0.5, 0.6) is 23.0 Å². The van der Waals surface area contributed by atoms with Gasteiger partial charge in [0.25, 0.3) is 0 Å². The van der Waals surface area contributed by atoms with E-state index in [9.17, 15) is 9.59 Å². The van der Waals surface area contributed by atoms with Crippen molar-refractivity contribution in [1.82, 2.24) is 0 Å². The lowest BCUT2D eigenvalue weighted by molar-refractivity contribution is -0.133. The Morgan fingerprint density at radius 3 is 2.47 bits per heavy atom. The molecule has 0 radical (unpaired) electrons. The van der Waals surface area contributed by atoms with Gasteiger partial charge in [0.1, 0.15) is 17.6 Å². The number of halogens is 1. The third-order valence-corrected chi connectivity index (χ3v) is 4.83. The first-order valence-electron chi connectivity index (χ1n) is 9.94. The Morgan fingerprint density at radius 2 is 1.72 bits per heavy atom. The SMILES string of the molecule is CCOc1ccccc1Oc1coc2cc(OC(=O)Cc3ccc(Cl)cc3)ccc2c1=O. The minimum absolute atomic E-state index is 0.0251. The summed E-state index contributed by atoms with van der Waals surface area (Å²) in [5.41, 5.74) is 0.703. The van der Waals surface area contributed by atoms with E-state index in [1.54, 1.807) is 42.5 Å². The van der Waals surface area contributed by atoms with Crippen molar-refractivity contribution in [3.05, 3.63) is 93.8 Å². The van der Waals surface area contributed by atoms with Gasteiger partial charge in [-0.25, -0.2) is 0 Å². The lowest BCUT2D eigenvalue weighted by Crippen LogP contribution is -2.11. The molecule has 4 rings (SSSR count). The van der Waals surface area contributed by atoms with Crippen LogP contribution in [0.4, 0.5) is 0 Å². The van der Waals surface area contributed by atoms with Crippen molar-refractivity contribution in [3.63, 3.8) is 0 Å². The molecule has 0 atom stereocenters. The minimum atomic E-state index is -0.443. The summed E-state index contributed by atoms with van der Waals surface area (Å²) in [7, 11) is 0. The van der Waals surface area contributed by atoms with E-state index in [2.05, 4.69) is 0 Å². The van der Waals surface area contributed by atoms with Gasteiger partial charge >= 0.3 is 5.97 Å². The van der Waals surface area contributed by atoms with Crippen LogP contribution in [-0.4, -0.2) is 12.6 Å². The standard InChI is InChI=1S/C25H19ClO6/c1-2-29-20-5-3-4-6-21(20)32-23-15-30-22-14-18(11-12-19(22)25(23)28)31-24(27)13-16-7-9-17(26)10-8-16/h3-12,14-15H,2,13H2,1H3. The van der Waals surface area contributed by atoms with E-state index in [0.717, 1.165) is 5.56 Å². The largest absolute Gasteiger partial charge is 0.490 e. The van der Waals surface area contributed by atoms with Crippen LogP contribution in [0, 0.1) is 0 Å². The molecule has 0 fully saturated rings. The number of rotatable bonds is 7. The van der Waals surface area contributed by atoms with Crippen LogP contribution in [0.2, 0.25) is 5.02 Å². The third-order valence-electron chi connectivity index (χ3n) is 4.58. The van der Waals surface area contributed by atoms with Crippen molar-refractivity contribution in [2.45, 2.75) is 13.3 Å². The molecular weight excluding hydrogens is 432 g/mol. The number of hydrogen-bond acceptors (Lipinski definition) is 6. The second-order valence-corrected chi connectivity index (χ2v) is 7.28. The van der Waals surface area contributed by atoms with E-state index < -0.39 is 5.97 Å². The molecule has 7 heteroatoms. The Balaban J connectivity index is 1.53. The summed E-state index contributed by atoms with van der Waals surface area (Å²) in [5.74, 6) is 0.791. The molecule has 0 aliphatic heterocycles. The average molecular weight is 451 g/mol. The number of benzene rings is 3. The lowest BCUT2D eigenvalue weighted by atomic mass is 10.1. The van der Waals surface area contributed by atoms with Crippen LogP contribution >= 0.6 is 11.6 Å². The third kappa shape index (κ3) is 4.92. The Labute approximate surface area is 188 Å². The molecule has 0 saturated carbocycles. The van der Waals surface area contributed by atoms with E-state index in [-0.39, 0.29) is 28.9 Å². The van der Waals surface area contributed by atoms with Gasteiger partial charge in [-0.1, -0.05) is 35.9 Å². The fourth-order valence-electron chi connectivity index (χ4n) is 3.09. The fourth-order valence-corrected chi connectivity index (χ4v) is 3.22. The predicted octanol–water partition coefficient (Wildman–Crippen LogP) is 5.79. The molecular formula is C25H19ClO6. The van der Waals surface area contributed by atoms with Crippen molar-refractivity contribution in [2.75, 3.05) is 6.61 Å². The molecule has 0 aliphatic rings. The van der Waals surface area contributed by atoms with Crippen LogP contribution < -0.4 is 19.6 Å². The van der Waals surface area contributed by atoms with E-state index in [0.29, 0.717) is 28.5 Å². The van der Waals surface area contributed by atoms with E-state index in [4.69, 9.17) is 30.2 Å². The van der Waals surface area contributed by atoms with E-state index in [1.165, 1.54) is 24.5 Å². The van der Waals surface area contributed by atoms with Gasteiger partial charge in [0.2, 0.25) is 11.2 Å². The second-order valence-electron chi connectivity index (χ2n) is 6.85. The molecule has 162 valence electrons. The van der Waals surface area contributed by atoms with Crippen molar-refractivity contribution >= 4 is 28.5 Å². The second kappa shape index (κ2) is 9.58. The number of carbonyl (C=O) groups excluding carboxylic acids is 1. The molecule has 6 nitrogen and oxygen atoms in total. The van der Waals surface area contributed by atoms with E-state index >= 15 is 0 Å². The van der Waals surface area contributed by atoms with Crippen LogP contribution in [0.25, 0.3) is 11.0 Å². The molecule has 1 aromatic heterocycles. The molecule has 4 aromatic rings. The number of esters is 1. The zero-order chi connectivity index (χ0) is 22.5. The fraction of sp³-hybridized carbons (Fsp3) is 0.120. The van der Waals surface area contributed by atoms with Gasteiger partial charge in [-0.3, -0.25) is 9.59 Å². The Bertz CT molecular complexity index is 1310. The molecule has 0 N–H and O–H groups in total. The first kappa shape index (κ1) is 21.5. The maximum Gasteiger partial charge on any atom is 0.315 e. The molecule has 32 heavy (non-hydrogen) atoms. The molecule has 3 aromatic carbocycles. The van der Waals surface area contributed by atoms with Crippen molar-refractivity contribution in [2.24, 2.45) is 0 Å². The summed E-state index contributed by atoms with van der Waals surface area (Å²) >= 11 is 5.86. The highest BCUT2D eigenvalue weighted by Crippen LogP contribution is 2.31. The predicted molar refractivity (Wildman–Crippen MR) is 121 cm³/mol. The summed E-state index contributed by atoms with van der Waals surface area (Å²) in [5, 5.41) is 0.894. The van der Waals surface area contributed by atoms with Crippen LogP contribution in [0.15, 0.2) is 82.2 Å². The molecule has 0 amide bonds. The Kier molecular flexibility index (Phi) is 6.42. The monoisotopic (exact) mass is 450 g/mol. The normalized spacial score (nSPS) is 10.7. The Morgan fingerprint density at radius 1 is 0.969 bits per heavy atom. The number of para-hydroxylation sites is 2. The molecule has 0 bridgehead atoms. The zero-order valence-electron chi connectivity index (χ0n) is 17.2. The van der Waals surface area contributed by atoms with Gasteiger partial charge in [0.05, 0.1) is 18.4 Å². The first-order valence-corrected chi connectivity index (χ1v) is 10.3. The molecule has 0 unspecified atom stereocenters. The number of hydrogen-bond donors (Lipinski definition) is 0. The minimum Gasteiger partial charge on any atom is -0.490 e. The van der Waals surface area contributed by atoms with E-state index in [1.807, 2.05) is 13.0 Å². The van der Waals surface area contributed by atoms with Gasteiger partial charge in [-0.05, 0) is 48.9 Å². The smallest absolute Gasteiger partial charge is 0.315 e. The first-order chi connectivity index (χ1) is 15.5.